The van der Waals surface area contributed by atoms with Crippen LogP contribution in [0.15, 0.2) is 34.9 Å². The minimum absolute atomic E-state index is 0.536. The Labute approximate surface area is 103 Å². The van der Waals surface area contributed by atoms with E-state index in [4.69, 9.17) is 16.0 Å². The molecule has 0 aliphatic rings. The Balaban J connectivity index is 2.06. The summed E-state index contributed by atoms with van der Waals surface area (Å²) in [6, 6.07) is 7.85. The number of fused-ring (bicyclic) bond motifs is 1. The van der Waals surface area contributed by atoms with Gasteiger partial charge in [0.15, 0.2) is 0 Å². The average molecular weight is 248 g/mol. The number of para-hydroxylation sites is 1. The third-order valence-electron chi connectivity index (χ3n) is 2.61. The molecule has 2 aromatic heterocycles. The Hall–Kier alpha value is -1.81. The molecule has 0 radical (unpaired) electrons. The topological polar surface area (TPSA) is 43.9 Å². The van der Waals surface area contributed by atoms with E-state index >= 15 is 0 Å². The summed E-state index contributed by atoms with van der Waals surface area (Å²) in [6.07, 6.45) is 1.97. The van der Waals surface area contributed by atoms with Crippen molar-refractivity contribution in [3.8, 4) is 0 Å². The SMILES string of the molecule is Cc1nnc(Cn2ccc3cccc(Cl)c32)o1. The number of aryl methyl sites for hydroxylation is 1. The van der Waals surface area contributed by atoms with Gasteiger partial charge in [0, 0.05) is 18.5 Å². The number of benzene rings is 1. The van der Waals surface area contributed by atoms with E-state index in [1.165, 1.54) is 0 Å². The number of rotatable bonds is 2. The molecule has 3 aromatic rings. The number of nitrogens with zero attached hydrogens (tertiary/aromatic N) is 3. The molecule has 2 heterocycles. The van der Waals surface area contributed by atoms with Gasteiger partial charge in [0.2, 0.25) is 11.8 Å². The van der Waals surface area contributed by atoms with E-state index in [9.17, 15) is 0 Å². The Bertz CT molecular complexity index is 671. The first-order chi connectivity index (χ1) is 8.24. The summed E-state index contributed by atoms with van der Waals surface area (Å²) in [7, 11) is 0. The summed E-state index contributed by atoms with van der Waals surface area (Å²) in [5, 5.41) is 9.61. The van der Waals surface area contributed by atoms with Crippen LogP contribution in [0.4, 0.5) is 0 Å². The van der Waals surface area contributed by atoms with Crippen LogP contribution in [-0.2, 0) is 6.54 Å². The Morgan fingerprint density at radius 1 is 1.29 bits per heavy atom. The lowest BCUT2D eigenvalue weighted by atomic mass is 10.2. The molecule has 0 fully saturated rings. The summed E-state index contributed by atoms with van der Waals surface area (Å²) in [6.45, 7) is 2.31. The van der Waals surface area contributed by atoms with Crippen LogP contribution in [-0.4, -0.2) is 14.8 Å². The minimum atomic E-state index is 0.536. The van der Waals surface area contributed by atoms with Gasteiger partial charge in [-0.3, -0.25) is 0 Å². The molecule has 0 aliphatic carbocycles. The van der Waals surface area contributed by atoms with Crippen molar-refractivity contribution in [3.05, 3.63) is 47.3 Å². The Morgan fingerprint density at radius 3 is 2.94 bits per heavy atom. The molecule has 0 bridgehead atoms. The quantitative estimate of drug-likeness (QED) is 0.699. The van der Waals surface area contributed by atoms with Crippen molar-refractivity contribution in [3.63, 3.8) is 0 Å². The maximum Gasteiger partial charge on any atom is 0.236 e. The molecule has 0 N–H and O–H groups in total. The molecule has 0 atom stereocenters. The molecule has 4 nitrogen and oxygen atoms in total. The van der Waals surface area contributed by atoms with Crippen LogP contribution in [0.5, 0.6) is 0 Å². The summed E-state index contributed by atoms with van der Waals surface area (Å²) in [5.74, 6) is 1.16. The van der Waals surface area contributed by atoms with Gasteiger partial charge in [0.05, 0.1) is 10.5 Å². The number of halogens is 1. The second-order valence-electron chi connectivity index (χ2n) is 3.84. The van der Waals surface area contributed by atoms with Gasteiger partial charge in [0.25, 0.3) is 0 Å². The molecule has 0 spiro atoms. The van der Waals surface area contributed by atoms with Crippen LogP contribution < -0.4 is 0 Å². The minimum Gasteiger partial charge on any atom is -0.424 e. The van der Waals surface area contributed by atoms with Crippen molar-refractivity contribution >= 4 is 22.5 Å². The molecular weight excluding hydrogens is 238 g/mol. The molecule has 3 rings (SSSR count). The highest BCUT2D eigenvalue weighted by molar-refractivity contribution is 6.35. The summed E-state index contributed by atoms with van der Waals surface area (Å²) < 4.78 is 7.36. The summed E-state index contributed by atoms with van der Waals surface area (Å²) in [5.41, 5.74) is 0.991. The fourth-order valence-electron chi connectivity index (χ4n) is 1.89. The molecular formula is C12H10ClN3O. The molecule has 0 aliphatic heterocycles. The van der Waals surface area contributed by atoms with Crippen LogP contribution in [0.1, 0.15) is 11.8 Å². The number of aromatic nitrogens is 3. The lowest BCUT2D eigenvalue weighted by molar-refractivity contribution is 0.457. The van der Waals surface area contributed by atoms with Crippen molar-refractivity contribution < 1.29 is 4.42 Å². The zero-order valence-electron chi connectivity index (χ0n) is 9.22. The van der Waals surface area contributed by atoms with Crippen molar-refractivity contribution in [2.45, 2.75) is 13.5 Å². The smallest absolute Gasteiger partial charge is 0.236 e. The van der Waals surface area contributed by atoms with Gasteiger partial charge in [-0.2, -0.15) is 0 Å². The van der Waals surface area contributed by atoms with E-state index < -0.39 is 0 Å². The van der Waals surface area contributed by atoms with Gasteiger partial charge >= 0.3 is 0 Å². The number of hydrogen-bond acceptors (Lipinski definition) is 3. The summed E-state index contributed by atoms with van der Waals surface area (Å²) >= 11 is 6.19. The van der Waals surface area contributed by atoms with Crippen LogP contribution in [0.25, 0.3) is 10.9 Å². The van der Waals surface area contributed by atoms with Gasteiger partial charge in [0.1, 0.15) is 6.54 Å². The molecule has 0 saturated heterocycles. The van der Waals surface area contributed by atoms with E-state index in [0.29, 0.717) is 18.3 Å². The van der Waals surface area contributed by atoms with E-state index in [1.807, 2.05) is 35.0 Å². The Morgan fingerprint density at radius 2 is 2.18 bits per heavy atom. The Kier molecular flexibility index (Phi) is 2.37. The summed E-state index contributed by atoms with van der Waals surface area (Å²) in [4.78, 5) is 0. The standard InChI is InChI=1S/C12H10ClN3O/c1-8-14-15-11(17-8)7-16-6-5-9-3-2-4-10(13)12(9)16/h2-6H,7H2,1H3. The van der Waals surface area contributed by atoms with Gasteiger partial charge in [-0.15, -0.1) is 10.2 Å². The third-order valence-corrected chi connectivity index (χ3v) is 2.92. The molecule has 0 unspecified atom stereocenters. The molecule has 17 heavy (non-hydrogen) atoms. The third kappa shape index (κ3) is 1.80. The highest BCUT2D eigenvalue weighted by Crippen LogP contribution is 2.24. The zero-order valence-corrected chi connectivity index (χ0v) is 9.98. The maximum absolute atomic E-state index is 6.19. The van der Waals surface area contributed by atoms with E-state index in [2.05, 4.69) is 10.2 Å². The molecule has 0 saturated carbocycles. The van der Waals surface area contributed by atoms with Crippen LogP contribution in [0.3, 0.4) is 0 Å². The highest BCUT2D eigenvalue weighted by atomic mass is 35.5. The van der Waals surface area contributed by atoms with Gasteiger partial charge in [-0.05, 0) is 12.1 Å². The van der Waals surface area contributed by atoms with E-state index in [0.717, 1.165) is 15.9 Å². The van der Waals surface area contributed by atoms with Crippen molar-refractivity contribution in [2.75, 3.05) is 0 Å². The monoisotopic (exact) mass is 247 g/mol. The molecule has 5 heteroatoms. The zero-order chi connectivity index (χ0) is 11.8. The van der Waals surface area contributed by atoms with Gasteiger partial charge in [-0.1, -0.05) is 23.7 Å². The lowest BCUT2D eigenvalue weighted by Gasteiger charge is -2.03. The first kappa shape index (κ1) is 10.4. The second-order valence-corrected chi connectivity index (χ2v) is 4.24. The van der Waals surface area contributed by atoms with Gasteiger partial charge in [-0.25, -0.2) is 0 Å². The van der Waals surface area contributed by atoms with Crippen molar-refractivity contribution in [1.29, 1.82) is 0 Å². The highest BCUT2D eigenvalue weighted by Gasteiger charge is 2.08. The van der Waals surface area contributed by atoms with Crippen LogP contribution in [0, 0.1) is 6.92 Å². The largest absolute Gasteiger partial charge is 0.424 e. The van der Waals surface area contributed by atoms with Crippen molar-refractivity contribution in [2.24, 2.45) is 0 Å². The van der Waals surface area contributed by atoms with E-state index in [1.54, 1.807) is 6.92 Å². The van der Waals surface area contributed by atoms with Crippen LogP contribution >= 0.6 is 11.6 Å². The predicted molar refractivity (Wildman–Crippen MR) is 65.1 cm³/mol. The normalized spacial score (nSPS) is 11.2. The lowest BCUT2D eigenvalue weighted by Crippen LogP contribution is -1.98. The van der Waals surface area contributed by atoms with E-state index in [-0.39, 0.29) is 0 Å². The fourth-order valence-corrected chi connectivity index (χ4v) is 2.18. The molecule has 0 amide bonds. The maximum atomic E-state index is 6.19. The number of hydrogen-bond donors (Lipinski definition) is 0. The second kappa shape index (κ2) is 3.89. The predicted octanol–water partition coefficient (Wildman–Crippen LogP) is 3.03. The first-order valence-electron chi connectivity index (χ1n) is 5.26. The average Bonchev–Trinajstić information content (AvgIpc) is 2.88. The fraction of sp³-hybridized carbons (Fsp3) is 0.167. The molecule has 86 valence electrons. The van der Waals surface area contributed by atoms with Crippen molar-refractivity contribution in [1.82, 2.24) is 14.8 Å². The van der Waals surface area contributed by atoms with Gasteiger partial charge < -0.3 is 8.98 Å². The van der Waals surface area contributed by atoms with Crippen LogP contribution in [0.2, 0.25) is 5.02 Å². The molecule has 1 aromatic carbocycles. The first-order valence-corrected chi connectivity index (χ1v) is 5.64.